The summed E-state index contributed by atoms with van der Waals surface area (Å²) >= 11 is 0. The van der Waals surface area contributed by atoms with Gasteiger partial charge < -0.3 is 15.0 Å². The van der Waals surface area contributed by atoms with E-state index < -0.39 is 5.97 Å². The maximum atomic E-state index is 12.5. The Balaban J connectivity index is 2.29. The van der Waals surface area contributed by atoms with Gasteiger partial charge in [0, 0.05) is 24.5 Å². The summed E-state index contributed by atoms with van der Waals surface area (Å²) in [5.74, 6) is -0.259. The second kappa shape index (κ2) is 8.23. The monoisotopic (exact) mass is 342 g/mol. The number of rotatable bonds is 6. The van der Waals surface area contributed by atoms with Gasteiger partial charge in [-0.05, 0) is 45.0 Å². The maximum Gasteiger partial charge on any atom is 0.337 e. The van der Waals surface area contributed by atoms with Crippen LogP contribution in [0.25, 0.3) is 0 Å². The molecule has 0 saturated carbocycles. The van der Waals surface area contributed by atoms with Crippen LogP contribution in [-0.2, 0) is 4.74 Å². The van der Waals surface area contributed by atoms with Crippen LogP contribution in [0.4, 0.5) is 11.6 Å². The van der Waals surface area contributed by atoms with Gasteiger partial charge in [-0.15, -0.1) is 0 Å². The Bertz CT molecular complexity index is 773. The number of nitrogens with one attached hydrogen (secondary N) is 1. The molecule has 2 aromatic rings. The van der Waals surface area contributed by atoms with E-state index in [2.05, 4.69) is 15.3 Å². The average molecular weight is 342 g/mol. The minimum atomic E-state index is -0.425. The number of carbonyl (C=O) groups is 2. The van der Waals surface area contributed by atoms with E-state index in [-0.39, 0.29) is 5.91 Å². The Kier molecular flexibility index (Phi) is 6.05. The molecule has 1 heterocycles. The van der Waals surface area contributed by atoms with Gasteiger partial charge in [0.2, 0.25) is 5.95 Å². The Morgan fingerprint density at radius 3 is 2.52 bits per heavy atom. The molecule has 0 radical (unpaired) electrons. The highest BCUT2D eigenvalue weighted by molar-refractivity contribution is 5.93. The van der Waals surface area contributed by atoms with Gasteiger partial charge in [-0.25, -0.2) is 14.8 Å². The molecule has 0 aliphatic heterocycles. The van der Waals surface area contributed by atoms with E-state index in [1.807, 2.05) is 13.8 Å². The van der Waals surface area contributed by atoms with Crippen LogP contribution in [0.1, 0.15) is 40.4 Å². The van der Waals surface area contributed by atoms with Crippen LogP contribution in [0, 0.1) is 6.92 Å². The average Bonchev–Trinajstić information content (AvgIpc) is 2.61. The van der Waals surface area contributed by atoms with Gasteiger partial charge >= 0.3 is 5.97 Å². The van der Waals surface area contributed by atoms with Gasteiger partial charge in [-0.3, -0.25) is 4.79 Å². The Hall–Kier alpha value is -2.96. The molecule has 0 unspecified atom stereocenters. The third kappa shape index (κ3) is 4.53. The van der Waals surface area contributed by atoms with E-state index in [1.54, 1.807) is 42.2 Å². The fourth-order valence-electron chi connectivity index (χ4n) is 2.38. The van der Waals surface area contributed by atoms with Gasteiger partial charge in [-0.1, -0.05) is 6.07 Å². The SMILES string of the molecule is CCN(CC)C(=O)c1cc(C)nc(Nc2cccc(C(=O)OC)c2)n1. The third-order valence-corrected chi connectivity index (χ3v) is 3.66. The summed E-state index contributed by atoms with van der Waals surface area (Å²) in [6, 6.07) is 8.47. The van der Waals surface area contributed by atoms with Gasteiger partial charge in [0.15, 0.2) is 0 Å². The molecule has 0 saturated heterocycles. The molecule has 7 nitrogen and oxygen atoms in total. The first kappa shape index (κ1) is 18.4. The molecule has 0 atom stereocenters. The number of ether oxygens (including phenoxy) is 1. The van der Waals surface area contributed by atoms with Gasteiger partial charge in [0.1, 0.15) is 5.69 Å². The molecule has 1 aromatic heterocycles. The number of hydrogen-bond acceptors (Lipinski definition) is 6. The number of anilines is 2. The quantitative estimate of drug-likeness (QED) is 0.813. The molecular weight excluding hydrogens is 320 g/mol. The van der Waals surface area contributed by atoms with E-state index in [4.69, 9.17) is 4.74 Å². The van der Waals surface area contributed by atoms with Crippen molar-refractivity contribution in [2.45, 2.75) is 20.8 Å². The number of hydrogen-bond donors (Lipinski definition) is 1. The Morgan fingerprint density at radius 1 is 1.16 bits per heavy atom. The summed E-state index contributed by atoms with van der Waals surface area (Å²) in [5.41, 5.74) is 2.06. The van der Waals surface area contributed by atoms with Crippen LogP contribution in [-0.4, -0.2) is 46.9 Å². The summed E-state index contributed by atoms with van der Waals surface area (Å²) < 4.78 is 4.71. The highest BCUT2D eigenvalue weighted by Crippen LogP contribution is 2.17. The zero-order valence-electron chi connectivity index (χ0n) is 14.9. The first-order chi connectivity index (χ1) is 12.0. The fraction of sp³-hybridized carbons (Fsp3) is 0.333. The summed E-state index contributed by atoms with van der Waals surface area (Å²) in [5, 5.41) is 3.03. The normalized spacial score (nSPS) is 10.2. The van der Waals surface area contributed by atoms with E-state index in [0.717, 1.165) is 0 Å². The van der Waals surface area contributed by atoms with Crippen molar-refractivity contribution in [1.82, 2.24) is 14.9 Å². The van der Waals surface area contributed by atoms with Crippen molar-refractivity contribution in [2.75, 3.05) is 25.5 Å². The summed E-state index contributed by atoms with van der Waals surface area (Å²) in [6.07, 6.45) is 0. The molecule has 132 valence electrons. The summed E-state index contributed by atoms with van der Waals surface area (Å²) in [4.78, 5) is 34.4. The molecule has 0 aliphatic carbocycles. The van der Waals surface area contributed by atoms with E-state index >= 15 is 0 Å². The Labute approximate surface area is 147 Å². The highest BCUT2D eigenvalue weighted by Gasteiger charge is 2.16. The number of benzene rings is 1. The van der Waals surface area contributed by atoms with Crippen LogP contribution in [0.15, 0.2) is 30.3 Å². The number of methoxy groups -OCH3 is 1. The predicted molar refractivity (Wildman–Crippen MR) is 95.1 cm³/mol. The largest absolute Gasteiger partial charge is 0.465 e. The maximum absolute atomic E-state index is 12.5. The van der Waals surface area contributed by atoms with Crippen molar-refractivity contribution in [3.63, 3.8) is 0 Å². The van der Waals surface area contributed by atoms with Crippen molar-refractivity contribution in [3.05, 3.63) is 47.3 Å². The number of aromatic nitrogens is 2. The van der Waals surface area contributed by atoms with E-state index in [1.165, 1.54) is 7.11 Å². The molecular formula is C18H22N4O3. The van der Waals surface area contributed by atoms with E-state index in [9.17, 15) is 9.59 Å². The molecule has 0 fully saturated rings. The van der Waals surface area contributed by atoms with Crippen LogP contribution < -0.4 is 5.32 Å². The van der Waals surface area contributed by atoms with Crippen molar-refractivity contribution in [1.29, 1.82) is 0 Å². The fourth-order valence-corrected chi connectivity index (χ4v) is 2.38. The van der Waals surface area contributed by atoms with Crippen molar-refractivity contribution < 1.29 is 14.3 Å². The second-order valence-electron chi connectivity index (χ2n) is 5.39. The predicted octanol–water partition coefficient (Wildman–Crippen LogP) is 2.80. The molecule has 2 rings (SSSR count). The van der Waals surface area contributed by atoms with Gasteiger partial charge in [-0.2, -0.15) is 0 Å². The van der Waals surface area contributed by atoms with Crippen LogP contribution in [0.2, 0.25) is 0 Å². The summed E-state index contributed by atoms with van der Waals surface area (Å²) in [6.45, 7) is 6.88. The second-order valence-corrected chi connectivity index (χ2v) is 5.39. The van der Waals surface area contributed by atoms with Crippen molar-refractivity contribution in [3.8, 4) is 0 Å². The molecule has 0 spiro atoms. The molecule has 1 aromatic carbocycles. The minimum absolute atomic E-state index is 0.137. The van der Waals surface area contributed by atoms with E-state index in [0.29, 0.717) is 41.7 Å². The number of aryl methyl sites for hydroxylation is 1. The lowest BCUT2D eigenvalue weighted by Crippen LogP contribution is -2.31. The number of nitrogens with zero attached hydrogens (tertiary/aromatic N) is 3. The molecule has 7 heteroatoms. The number of carbonyl (C=O) groups excluding carboxylic acids is 2. The molecule has 1 amide bonds. The third-order valence-electron chi connectivity index (χ3n) is 3.66. The topological polar surface area (TPSA) is 84.4 Å². The van der Waals surface area contributed by atoms with Crippen molar-refractivity contribution in [2.24, 2.45) is 0 Å². The van der Waals surface area contributed by atoms with Crippen LogP contribution in [0.5, 0.6) is 0 Å². The lowest BCUT2D eigenvalue weighted by atomic mass is 10.2. The van der Waals surface area contributed by atoms with Crippen LogP contribution in [0.3, 0.4) is 0 Å². The standard InChI is InChI=1S/C18H22N4O3/c1-5-22(6-2)16(23)15-10-12(3)19-18(21-15)20-14-9-7-8-13(11-14)17(24)25-4/h7-11H,5-6H2,1-4H3,(H,19,20,21). The molecule has 0 aliphatic rings. The minimum Gasteiger partial charge on any atom is -0.465 e. The number of esters is 1. The zero-order chi connectivity index (χ0) is 18.4. The molecule has 25 heavy (non-hydrogen) atoms. The molecule has 1 N–H and O–H groups in total. The lowest BCUT2D eigenvalue weighted by molar-refractivity contribution is 0.0600. The first-order valence-electron chi connectivity index (χ1n) is 8.08. The summed E-state index contributed by atoms with van der Waals surface area (Å²) in [7, 11) is 1.33. The highest BCUT2D eigenvalue weighted by atomic mass is 16.5. The Morgan fingerprint density at radius 2 is 1.88 bits per heavy atom. The lowest BCUT2D eigenvalue weighted by Gasteiger charge is -2.18. The smallest absolute Gasteiger partial charge is 0.337 e. The molecule has 0 bridgehead atoms. The van der Waals surface area contributed by atoms with Gasteiger partial charge in [0.05, 0.1) is 12.7 Å². The van der Waals surface area contributed by atoms with Crippen LogP contribution >= 0.6 is 0 Å². The first-order valence-corrected chi connectivity index (χ1v) is 8.08. The zero-order valence-corrected chi connectivity index (χ0v) is 14.9. The number of amides is 1. The van der Waals surface area contributed by atoms with Gasteiger partial charge in [0.25, 0.3) is 5.91 Å². The van der Waals surface area contributed by atoms with Crippen molar-refractivity contribution >= 4 is 23.5 Å².